The van der Waals surface area contributed by atoms with E-state index in [1.165, 1.54) is 6.42 Å². The summed E-state index contributed by atoms with van der Waals surface area (Å²) in [4.78, 5) is 12.1. The number of nitrogen functional groups attached to an aromatic ring is 1. The molecule has 2 fully saturated rings. The van der Waals surface area contributed by atoms with Gasteiger partial charge in [-0.15, -0.1) is 0 Å². The Morgan fingerprint density at radius 2 is 1.97 bits per heavy atom. The Morgan fingerprint density at radius 3 is 2.64 bits per heavy atom. The van der Waals surface area contributed by atoms with Crippen LogP contribution in [0.25, 0.3) is 22.2 Å². The van der Waals surface area contributed by atoms with Crippen LogP contribution in [-0.2, 0) is 9.47 Å². The molecule has 3 aromatic rings. The zero-order valence-corrected chi connectivity index (χ0v) is 19.0. The van der Waals surface area contributed by atoms with Crippen molar-refractivity contribution in [1.29, 1.82) is 0 Å². The second-order valence-electron chi connectivity index (χ2n) is 8.76. The Morgan fingerprint density at radius 1 is 1.15 bits per heavy atom. The summed E-state index contributed by atoms with van der Waals surface area (Å²) in [5.41, 5.74) is 11.3. The highest BCUT2D eigenvalue weighted by atomic mass is 16.6. The summed E-state index contributed by atoms with van der Waals surface area (Å²) in [5.74, 6) is 0.857. The molecule has 1 aromatic heterocycles. The molecular formula is C26H31N3O4. The number of nitrogens with one attached hydrogen (secondary N) is 1. The topological polar surface area (TPSA) is 87.7 Å². The molecule has 7 heteroatoms. The lowest BCUT2D eigenvalue weighted by Gasteiger charge is -2.30. The monoisotopic (exact) mass is 449 g/mol. The maximum absolute atomic E-state index is 12.1. The third-order valence-electron chi connectivity index (χ3n) is 6.59. The molecule has 1 aliphatic carbocycles. The summed E-state index contributed by atoms with van der Waals surface area (Å²) < 4.78 is 18.9. The van der Waals surface area contributed by atoms with Crippen LogP contribution in [0.3, 0.4) is 0 Å². The summed E-state index contributed by atoms with van der Waals surface area (Å²) in [6.45, 7) is 3.64. The standard InChI is InChI=1S/C26H31N3O4/c1-2-31-20-12-13-22-23(15-20)29(19-5-3-6-19)25(24(22)27)17-8-10-18(11-9-17)28-26(30)33-16-21-7-4-14-32-21/h8-13,15,19,21H,2-7,14,16,27H2,1H3,(H,28,30). The number of rotatable bonds is 7. The van der Waals surface area contributed by atoms with Gasteiger partial charge in [0.2, 0.25) is 0 Å². The van der Waals surface area contributed by atoms with Gasteiger partial charge in [0, 0.05) is 35.4 Å². The average molecular weight is 450 g/mol. The lowest BCUT2D eigenvalue weighted by molar-refractivity contribution is 0.0484. The molecule has 5 rings (SSSR count). The zero-order chi connectivity index (χ0) is 22.8. The quantitative estimate of drug-likeness (QED) is 0.480. The van der Waals surface area contributed by atoms with Crippen molar-refractivity contribution in [3.05, 3.63) is 42.5 Å². The van der Waals surface area contributed by atoms with E-state index >= 15 is 0 Å². The highest BCUT2D eigenvalue weighted by Gasteiger charge is 2.27. The number of carbonyl (C=O) groups is 1. The SMILES string of the molecule is CCOc1ccc2c(N)c(-c3ccc(NC(=O)OCC4CCCO4)cc3)n(C3CCC3)c2c1. The van der Waals surface area contributed by atoms with Crippen LogP contribution in [0.2, 0.25) is 0 Å². The van der Waals surface area contributed by atoms with Crippen molar-refractivity contribution in [3.63, 3.8) is 0 Å². The van der Waals surface area contributed by atoms with Crippen LogP contribution < -0.4 is 15.8 Å². The van der Waals surface area contributed by atoms with Gasteiger partial charge < -0.3 is 24.5 Å². The Balaban J connectivity index is 1.39. The first-order chi connectivity index (χ1) is 16.1. The molecule has 0 bridgehead atoms. The summed E-state index contributed by atoms with van der Waals surface area (Å²) in [6.07, 6.45) is 5.01. The van der Waals surface area contributed by atoms with Crippen molar-refractivity contribution in [2.75, 3.05) is 30.9 Å². The van der Waals surface area contributed by atoms with E-state index in [1.807, 2.05) is 43.3 Å². The number of ether oxygens (including phenoxy) is 3. The van der Waals surface area contributed by atoms with Crippen LogP contribution in [0.15, 0.2) is 42.5 Å². The molecule has 2 aromatic carbocycles. The predicted octanol–water partition coefficient (Wildman–Crippen LogP) is 5.74. The number of aromatic nitrogens is 1. The minimum Gasteiger partial charge on any atom is -0.494 e. The lowest BCUT2D eigenvalue weighted by atomic mass is 9.92. The van der Waals surface area contributed by atoms with Crippen molar-refractivity contribution < 1.29 is 19.0 Å². The van der Waals surface area contributed by atoms with Gasteiger partial charge in [0.1, 0.15) is 12.4 Å². The molecule has 174 valence electrons. The normalized spacial score (nSPS) is 18.3. The molecule has 1 unspecified atom stereocenters. The maximum Gasteiger partial charge on any atom is 0.411 e. The number of hydrogen-bond acceptors (Lipinski definition) is 5. The molecule has 33 heavy (non-hydrogen) atoms. The number of fused-ring (bicyclic) bond motifs is 1. The number of nitrogens with zero attached hydrogens (tertiary/aromatic N) is 1. The third kappa shape index (κ3) is 4.37. The molecule has 7 nitrogen and oxygen atoms in total. The van der Waals surface area contributed by atoms with E-state index in [-0.39, 0.29) is 12.7 Å². The number of hydrogen-bond donors (Lipinski definition) is 2. The van der Waals surface area contributed by atoms with Gasteiger partial charge in [-0.25, -0.2) is 4.79 Å². The number of benzene rings is 2. The first-order valence-electron chi connectivity index (χ1n) is 11.9. The number of anilines is 2. The summed E-state index contributed by atoms with van der Waals surface area (Å²) in [5, 5.41) is 3.84. The lowest BCUT2D eigenvalue weighted by Crippen LogP contribution is -2.21. The molecule has 1 saturated heterocycles. The molecule has 3 N–H and O–H groups in total. The van der Waals surface area contributed by atoms with E-state index in [0.29, 0.717) is 18.3 Å². The summed E-state index contributed by atoms with van der Waals surface area (Å²) >= 11 is 0. The van der Waals surface area contributed by atoms with Crippen LogP contribution in [0.4, 0.5) is 16.2 Å². The van der Waals surface area contributed by atoms with Gasteiger partial charge in [-0.2, -0.15) is 0 Å². The fourth-order valence-corrected chi connectivity index (χ4v) is 4.70. The second kappa shape index (κ2) is 9.35. The van der Waals surface area contributed by atoms with Crippen LogP contribution >= 0.6 is 0 Å². The maximum atomic E-state index is 12.1. The van der Waals surface area contributed by atoms with E-state index in [1.54, 1.807) is 0 Å². The first-order valence-corrected chi connectivity index (χ1v) is 11.9. The summed E-state index contributed by atoms with van der Waals surface area (Å²) in [6, 6.07) is 14.3. The minimum atomic E-state index is -0.468. The molecule has 1 aliphatic heterocycles. The van der Waals surface area contributed by atoms with E-state index in [9.17, 15) is 4.79 Å². The molecule has 0 radical (unpaired) electrons. The molecule has 2 heterocycles. The van der Waals surface area contributed by atoms with Crippen LogP contribution in [0.5, 0.6) is 5.75 Å². The first kappa shape index (κ1) is 21.6. The van der Waals surface area contributed by atoms with Crippen molar-refractivity contribution in [2.45, 2.75) is 51.2 Å². The Bertz CT molecular complexity index is 1130. The molecule has 1 amide bonds. The largest absolute Gasteiger partial charge is 0.494 e. The second-order valence-corrected chi connectivity index (χ2v) is 8.76. The minimum absolute atomic E-state index is 0.0118. The van der Waals surface area contributed by atoms with E-state index in [0.717, 1.165) is 65.9 Å². The Kier molecular flexibility index (Phi) is 6.13. The van der Waals surface area contributed by atoms with Crippen LogP contribution in [0.1, 0.15) is 45.1 Å². The number of nitrogens with two attached hydrogens (primary N) is 1. The molecule has 1 saturated carbocycles. The van der Waals surface area contributed by atoms with Crippen molar-refractivity contribution >= 4 is 28.4 Å². The summed E-state index contributed by atoms with van der Waals surface area (Å²) in [7, 11) is 0. The van der Waals surface area contributed by atoms with Crippen molar-refractivity contribution in [3.8, 4) is 17.0 Å². The molecule has 0 spiro atoms. The molecule has 2 aliphatic rings. The molecule has 1 atom stereocenters. The Hall–Kier alpha value is -3.19. The number of carbonyl (C=O) groups excluding carboxylic acids is 1. The third-order valence-corrected chi connectivity index (χ3v) is 6.59. The smallest absolute Gasteiger partial charge is 0.411 e. The van der Waals surface area contributed by atoms with E-state index in [4.69, 9.17) is 19.9 Å². The fraction of sp³-hybridized carbons (Fsp3) is 0.423. The van der Waals surface area contributed by atoms with Crippen LogP contribution in [0, 0.1) is 0 Å². The fourth-order valence-electron chi connectivity index (χ4n) is 4.70. The van der Waals surface area contributed by atoms with Gasteiger partial charge in [0.05, 0.1) is 29.6 Å². The predicted molar refractivity (Wildman–Crippen MR) is 130 cm³/mol. The van der Waals surface area contributed by atoms with Gasteiger partial charge in [0.25, 0.3) is 0 Å². The van der Waals surface area contributed by atoms with Crippen LogP contribution in [-0.4, -0.2) is 36.6 Å². The van der Waals surface area contributed by atoms with Gasteiger partial charge in [-0.1, -0.05) is 12.1 Å². The van der Waals surface area contributed by atoms with E-state index in [2.05, 4.69) is 16.0 Å². The van der Waals surface area contributed by atoms with Gasteiger partial charge in [0.15, 0.2) is 0 Å². The zero-order valence-electron chi connectivity index (χ0n) is 19.0. The number of amides is 1. The van der Waals surface area contributed by atoms with Crippen molar-refractivity contribution in [1.82, 2.24) is 4.57 Å². The molecular weight excluding hydrogens is 418 g/mol. The highest BCUT2D eigenvalue weighted by molar-refractivity contribution is 6.01. The highest BCUT2D eigenvalue weighted by Crippen LogP contribution is 2.44. The Labute approximate surface area is 193 Å². The van der Waals surface area contributed by atoms with E-state index < -0.39 is 6.09 Å². The van der Waals surface area contributed by atoms with Gasteiger partial charge in [-0.05, 0) is 63.3 Å². The van der Waals surface area contributed by atoms with Gasteiger partial charge >= 0.3 is 6.09 Å². The average Bonchev–Trinajstić information content (AvgIpc) is 3.39. The van der Waals surface area contributed by atoms with Crippen molar-refractivity contribution in [2.24, 2.45) is 0 Å². The van der Waals surface area contributed by atoms with Gasteiger partial charge in [-0.3, -0.25) is 5.32 Å².